The summed E-state index contributed by atoms with van der Waals surface area (Å²) >= 11 is 3.34. The zero-order chi connectivity index (χ0) is 13.5. The molecule has 102 valence electrons. The lowest BCUT2D eigenvalue weighted by molar-refractivity contribution is -0.124. The summed E-state index contributed by atoms with van der Waals surface area (Å²) in [4.78, 5) is 13.9. The minimum atomic E-state index is -0.0730. The van der Waals surface area contributed by atoms with Crippen molar-refractivity contribution in [3.8, 4) is 0 Å². The average molecular weight is 317 g/mol. The molecule has 0 spiro atoms. The van der Waals surface area contributed by atoms with Crippen LogP contribution in [0.4, 0.5) is 0 Å². The molecule has 0 saturated heterocycles. The molecule has 0 aliphatic carbocycles. The van der Waals surface area contributed by atoms with Gasteiger partial charge in [0.2, 0.25) is 5.91 Å². The molecule has 0 bridgehead atoms. The van der Waals surface area contributed by atoms with Gasteiger partial charge in [-0.1, -0.05) is 6.92 Å². The summed E-state index contributed by atoms with van der Waals surface area (Å²) in [5.41, 5.74) is 0. The minimum Gasteiger partial charge on any atom is -0.356 e. The van der Waals surface area contributed by atoms with Gasteiger partial charge in [0.25, 0.3) is 0 Å². The Bertz CT molecular complexity index is 378. The van der Waals surface area contributed by atoms with Crippen molar-refractivity contribution in [3.05, 3.63) is 16.9 Å². The number of nitrogens with one attached hydrogen (secondary N) is 1. The van der Waals surface area contributed by atoms with Crippen LogP contribution in [0.5, 0.6) is 0 Å². The summed E-state index contributed by atoms with van der Waals surface area (Å²) < 4.78 is 2.70. The van der Waals surface area contributed by atoms with E-state index in [-0.39, 0.29) is 11.8 Å². The Morgan fingerprint density at radius 1 is 1.61 bits per heavy atom. The molecule has 1 atom stereocenters. The number of hydrogen-bond acceptors (Lipinski definition) is 3. The first-order chi connectivity index (χ1) is 8.49. The van der Waals surface area contributed by atoms with E-state index in [0.717, 1.165) is 24.0 Å². The van der Waals surface area contributed by atoms with Gasteiger partial charge in [-0.05, 0) is 43.0 Å². The third kappa shape index (κ3) is 5.64. The first-order valence-corrected chi connectivity index (χ1v) is 6.88. The first-order valence-electron chi connectivity index (χ1n) is 6.09. The largest absolute Gasteiger partial charge is 0.356 e. The maximum absolute atomic E-state index is 11.8. The van der Waals surface area contributed by atoms with E-state index in [0.29, 0.717) is 6.54 Å². The number of carbonyl (C=O) groups excluding carboxylic acids is 1. The summed E-state index contributed by atoms with van der Waals surface area (Å²) in [7, 11) is 4.06. The lowest BCUT2D eigenvalue weighted by Crippen LogP contribution is -2.33. The molecule has 1 aromatic rings. The van der Waals surface area contributed by atoms with Crippen molar-refractivity contribution in [2.45, 2.75) is 19.9 Å². The van der Waals surface area contributed by atoms with E-state index in [4.69, 9.17) is 0 Å². The molecule has 1 aromatic heterocycles. The molecular formula is C12H21BrN4O. The second-order valence-electron chi connectivity index (χ2n) is 4.73. The molecule has 0 aliphatic rings. The van der Waals surface area contributed by atoms with Crippen LogP contribution in [0, 0.1) is 5.92 Å². The molecule has 0 fully saturated rings. The highest BCUT2D eigenvalue weighted by Gasteiger charge is 2.13. The zero-order valence-electron chi connectivity index (χ0n) is 11.2. The molecule has 0 saturated carbocycles. The summed E-state index contributed by atoms with van der Waals surface area (Å²) in [6, 6.07) is 0. The number of rotatable bonds is 7. The molecule has 0 radical (unpaired) electrons. The molecule has 1 unspecified atom stereocenters. The van der Waals surface area contributed by atoms with E-state index in [2.05, 4.69) is 31.2 Å². The number of aromatic nitrogens is 2. The molecule has 18 heavy (non-hydrogen) atoms. The maximum atomic E-state index is 11.8. The SMILES string of the molecule is CC(Cn1cc(Br)cn1)C(=O)NCCCN(C)C. The number of carbonyl (C=O) groups is 1. The average Bonchev–Trinajstić information content (AvgIpc) is 2.69. The van der Waals surface area contributed by atoms with Gasteiger partial charge >= 0.3 is 0 Å². The highest BCUT2D eigenvalue weighted by Crippen LogP contribution is 2.08. The Kier molecular flexibility index (Phi) is 6.35. The van der Waals surface area contributed by atoms with Crippen LogP contribution in [0.2, 0.25) is 0 Å². The van der Waals surface area contributed by atoms with Crippen LogP contribution in [-0.4, -0.2) is 47.8 Å². The van der Waals surface area contributed by atoms with Gasteiger partial charge in [0, 0.05) is 12.7 Å². The standard InChI is InChI=1S/C12H21BrN4O/c1-10(8-17-9-11(13)7-15-17)12(18)14-5-4-6-16(2)3/h7,9-10H,4-6,8H2,1-3H3,(H,14,18). The topological polar surface area (TPSA) is 50.2 Å². The fourth-order valence-electron chi connectivity index (χ4n) is 1.58. The van der Waals surface area contributed by atoms with Gasteiger partial charge in [-0.2, -0.15) is 5.10 Å². The van der Waals surface area contributed by atoms with Gasteiger partial charge in [-0.15, -0.1) is 0 Å². The first kappa shape index (κ1) is 15.2. The number of halogens is 1. The molecule has 1 rings (SSSR count). The Labute approximate surface area is 117 Å². The van der Waals surface area contributed by atoms with Crippen LogP contribution in [0.15, 0.2) is 16.9 Å². The van der Waals surface area contributed by atoms with E-state index in [1.54, 1.807) is 10.9 Å². The van der Waals surface area contributed by atoms with E-state index in [9.17, 15) is 4.79 Å². The quantitative estimate of drug-likeness (QED) is 0.773. The molecule has 1 heterocycles. The Balaban J connectivity index is 2.24. The van der Waals surface area contributed by atoms with Crippen LogP contribution in [-0.2, 0) is 11.3 Å². The highest BCUT2D eigenvalue weighted by atomic mass is 79.9. The molecule has 1 N–H and O–H groups in total. The maximum Gasteiger partial charge on any atom is 0.224 e. The van der Waals surface area contributed by atoms with Crippen LogP contribution >= 0.6 is 15.9 Å². The minimum absolute atomic E-state index is 0.0730. The molecular weight excluding hydrogens is 296 g/mol. The van der Waals surface area contributed by atoms with Crippen molar-refractivity contribution >= 4 is 21.8 Å². The van der Waals surface area contributed by atoms with Crippen molar-refractivity contribution in [3.63, 3.8) is 0 Å². The Morgan fingerprint density at radius 2 is 2.33 bits per heavy atom. The molecule has 6 heteroatoms. The number of amides is 1. The second-order valence-corrected chi connectivity index (χ2v) is 5.65. The summed E-state index contributed by atoms with van der Waals surface area (Å²) in [6.45, 7) is 4.23. The monoisotopic (exact) mass is 316 g/mol. The van der Waals surface area contributed by atoms with Crippen LogP contribution in [0.3, 0.4) is 0 Å². The fraction of sp³-hybridized carbons (Fsp3) is 0.667. The predicted molar refractivity (Wildman–Crippen MR) is 75.3 cm³/mol. The fourth-order valence-corrected chi connectivity index (χ4v) is 1.91. The third-order valence-electron chi connectivity index (χ3n) is 2.59. The normalized spacial score (nSPS) is 12.7. The van der Waals surface area contributed by atoms with Crippen molar-refractivity contribution in [1.29, 1.82) is 0 Å². The lowest BCUT2D eigenvalue weighted by atomic mass is 10.1. The molecule has 0 aromatic carbocycles. The summed E-state index contributed by atoms with van der Waals surface area (Å²) in [6.07, 6.45) is 4.57. The number of nitrogens with zero attached hydrogens (tertiary/aromatic N) is 3. The molecule has 1 amide bonds. The van der Waals surface area contributed by atoms with Crippen molar-refractivity contribution in [2.24, 2.45) is 5.92 Å². The van der Waals surface area contributed by atoms with Crippen molar-refractivity contribution in [1.82, 2.24) is 20.0 Å². The van der Waals surface area contributed by atoms with E-state index >= 15 is 0 Å². The van der Waals surface area contributed by atoms with Gasteiger partial charge < -0.3 is 10.2 Å². The lowest BCUT2D eigenvalue weighted by Gasteiger charge is -2.13. The predicted octanol–water partition coefficient (Wildman–Crippen LogP) is 1.35. The van der Waals surface area contributed by atoms with Crippen LogP contribution < -0.4 is 5.32 Å². The smallest absolute Gasteiger partial charge is 0.224 e. The highest BCUT2D eigenvalue weighted by molar-refractivity contribution is 9.10. The van der Waals surface area contributed by atoms with Crippen LogP contribution in [0.1, 0.15) is 13.3 Å². The second kappa shape index (κ2) is 7.53. The van der Waals surface area contributed by atoms with Crippen molar-refractivity contribution in [2.75, 3.05) is 27.2 Å². The Hall–Kier alpha value is -0.880. The van der Waals surface area contributed by atoms with Gasteiger partial charge in [-0.3, -0.25) is 9.48 Å². The van der Waals surface area contributed by atoms with Crippen molar-refractivity contribution < 1.29 is 4.79 Å². The van der Waals surface area contributed by atoms with Crippen LogP contribution in [0.25, 0.3) is 0 Å². The van der Waals surface area contributed by atoms with Gasteiger partial charge in [0.15, 0.2) is 0 Å². The summed E-state index contributed by atoms with van der Waals surface area (Å²) in [5, 5.41) is 7.09. The van der Waals surface area contributed by atoms with Gasteiger partial charge in [0.1, 0.15) is 0 Å². The van der Waals surface area contributed by atoms with Gasteiger partial charge in [0.05, 0.1) is 23.1 Å². The summed E-state index contributed by atoms with van der Waals surface area (Å²) in [5.74, 6) is 0.0107. The van der Waals surface area contributed by atoms with E-state index in [1.807, 2.05) is 27.2 Å². The zero-order valence-corrected chi connectivity index (χ0v) is 12.8. The van der Waals surface area contributed by atoms with E-state index in [1.165, 1.54) is 0 Å². The van der Waals surface area contributed by atoms with E-state index < -0.39 is 0 Å². The third-order valence-corrected chi connectivity index (χ3v) is 3.00. The number of hydrogen-bond donors (Lipinski definition) is 1. The van der Waals surface area contributed by atoms with Gasteiger partial charge in [-0.25, -0.2) is 0 Å². The molecule has 5 nitrogen and oxygen atoms in total. The molecule has 0 aliphatic heterocycles. The Morgan fingerprint density at radius 3 is 2.89 bits per heavy atom.